The summed E-state index contributed by atoms with van der Waals surface area (Å²) in [6, 6.07) is 6.03. The number of nitrogen functional groups attached to an aromatic ring is 1. The Morgan fingerprint density at radius 3 is 2.55 bits per heavy atom. The Labute approximate surface area is 130 Å². The number of aromatic nitrogens is 2. The minimum absolute atomic E-state index is 0.000221. The van der Waals surface area contributed by atoms with Crippen molar-refractivity contribution in [3.8, 4) is 5.69 Å². The lowest BCUT2D eigenvalue weighted by molar-refractivity contribution is -0.137. The van der Waals surface area contributed by atoms with Gasteiger partial charge in [0, 0.05) is 11.1 Å². The maximum Gasteiger partial charge on any atom is 0.418 e. The number of hydrogen-bond acceptors (Lipinski definition) is 2. The van der Waals surface area contributed by atoms with Gasteiger partial charge in [0.2, 0.25) is 0 Å². The van der Waals surface area contributed by atoms with Gasteiger partial charge in [-0.05, 0) is 46.3 Å². The molecule has 0 aliphatic heterocycles. The SMILES string of the molecule is Nc1ccc(-n2ncc3cc(F)c(Br)cc32)c(C(F)(F)F)c1. The molecule has 0 fully saturated rings. The van der Waals surface area contributed by atoms with Gasteiger partial charge in [0.05, 0.1) is 27.4 Å². The van der Waals surface area contributed by atoms with Crippen LogP contribution in [0.5, 0.6) is 0 Å². The van der Waals surface area contributed by atoms with Crippen LogP contribution in [0.1, 0.15) is 5.56 Å². The average molecular weight is 374 g/mol. The fourth-order valence-corrected chi connectivity index (χ4v) is 2.51. The summed E-state index contributed by atoms with van der Waals surface area (Å²) in [4.78, 5) is 0. The Hall–Kier alpha value is -2.09. The molecule has 0 radical (unpaired) electrons. The van der Waals surface area contributed by atoms with Crippen LogP contribution in [0.2, 0.25) is 0 Å². The van der Waals surface area contributed by atoms with Crippen LogP contribution in [0.15, 0.2) is 41.0 Å². The summed E-state index contributed by atoms with van der Waals surface area (Å²) in [5.41, 5.74) is 4.72. The first-order valence-corrected chi connectivity index (χ1v) is 6.86. The fourth-order valence-electron chi connectivity index (χ4n) is 2.18. The topological polar surface area (TPSA) is 43.8 Å². The van der Waals surface area contributed by atoms with Crippen LogP contribution in [-0.4, -0.2) is 9.78 Å². The molecule has 3 rings (SSSR count). The molecule has 0 aliphatic rings. The summed E-state index contributed by atoms with van der Waals surface area (Å²) in [6.45, 7) is 0. The second kappa shape index (κ2) is 4.98. The molecule has 2 N–H and O–H groups in total. The van der Waals surface area contributed by atoms with Gasteiger partial charge in [-0.3, -0.25) is 0 Å². The minimum Gasteiger partial charge on any atom is -0.399 e. The van der Waals surface area contributed by atoms with Crippen molar-refractivity contribution in [2.24, 2.45) is 0 Å². The molecule has 3 nitrogen and oxygen atoms in total. The number of rotatable bonds is 1. The van der Waals surface area contributed by atoms with Gasteiger partial charge in [-0.25, -0.2) is 9.07 Å². The third kappa shape index (κ3) is 2.43. The summed E-state index contributed by atoms with van der Waals surface area (Å²) in [5.74, 6) is -0.514. The molecule has 0 saturated heterocycles. The summed E-state index contributed by atoms with van der Waals surface area (Å²) in [7, 11) is 0. The van der Waals surface area contributed by atoms with Gasteiger partial charge in [-0.1, -0.05) is 0 Å². The highest BCUT2D eigenvalue weighted by Crippen LogP contribution is 2.36. The molecule has 2 aromatic carbocycles. The molecule has 0 unspecified atom stereocenters. The molecular weight excluding hydrogens is 366 g/mol. The van der Waals surface area contributed by atoms with E-state index in [1.165, 1.54) is 30.5 Å². The van der Waals surface area contributed by atoms with Crippen LogP contribution < -0.4 is 5.73 Å². The smallest absolute Gasteiger partial charge is 0.399 e. The van der Waals surface area contributed by atoms with Gasteiger partial charge in [0.1, 0.15) is 5.82 Å². The average Bonchev–Trinajstić information content (AvgIpc) is 2.81. The van der Waals surface area contributed by atoms with Crippen LogP contribution >= 0.6 is 15.9 Å². The van der Waals surface area contributed by atoms with Crippen LogP contribution in [0.25, 0.3) is 16.6 Å². The number of nitrogens with zero attached hydrogens (tertiary/aromatic N) is 2. The van der Waals surface area contributed by atoms with Crippen molar-refractivity contribution in [3.05, 3.63) is 52.4 Å². The van der Waals surface area contributed by atoms with E-state index >= 15 is 0 Å². The highest BCUT2D eigenvalue weighted by atomic mass is 79.9. The maximum atomic E-state index is 13.5. The Balaban J connectivity index is 2.31. The number of halogens is 5. The predicted molar refractivity (Wildman–Crippen MR) is 78.1 cm³/mol. The van der Waals surface area contributed by atoms with Gasteiger partial charge in [-0.15, -0.1) is 0 Å². The second-order valence-corrected chi connectivity index (χ2v) is 5.51. The van der Waals surface area contributed by atoms with E-state index in [0.717, 1.165) is 10.7 Å². The van der Waals surface area contributed by atoms with Crippen molar-refractivity contribution in [2.45, 2.75) is 6.18 Å². The van der Waals surface area contributed by atoms with E-state index in [0.29, 0.717) is 10.9 Å². The van der Waals surface area contributed by atoms with Crippen molar-refractivity contribution < 1.29 is 17.6 Å². The predicted octanol–water partition coefficient (Wildman–Crippen LogP) is 4.53. The lowest BCUT2D eigenvalue weighted by atomic mass is 10.1. The van der Waals surface area contributed by atoms with Gasteiger partial charge >= 0.3 is 6.18 Å². The van der Waals surface area contributed by atoms with Gasteiger partial charge < -0.3 is 5.73 Å². The number of fused-ring (bicyclic) bond motifs is 1. The van der Waals surface area contributed by atoms with E-state index in [1.807, 2.05) is 0 Å². The molecule has 0 atom stereocenters. The lowest BCUT2D eigenvalue weighted by Crippen LogP contribution is -2.12. The number of benzene rings is 2. The highest BCUT2D eigenvalue weighted by molar-refractivity contribution is 9.10. The van der Waals surface area contributed by atoms with Gasteiger partial charge in [-0.2, -0.15) is 18.3 Å². The molecule has 8 heteroatoms. The summed E-state index contributed by atoms with van der Waals surface area (Å²) in [6.07, 6.45) is -3.28. The van der Waals surface area contributed by atoms with Crippen LogP contribution in [-0.2, 0) is 6.18 Å². The van der Waals surface area contributed by atoms with Crippen molar-refractivity contribution >= 4 is 32.5 Å². The molecular formula is C14H8BrF4N3. The first-order chi connectivity index (χ1) is 10.3. The minimum atomic E-state index is -4.58. The molecule has 1 aromatic heterocycles. The number of alkyl halides is 3. The Morgan fingerprint density at radius 2 is 1.86 bits per heavy atom. The molecule has 0 spiro atoms. The Kier molecular flexibility index (Phi) is 3.36. The monoisotopic (exact) mass is 373 g/mol. The van der Waals surface area contributed by atoms with Crippen molar-refractivity contribution in [2.75, 3.05) is 5.73 Å². The van der Waals surface area contributed by atoms with Gasteiger partial charge in [0.15, 0.2) is 0 Å². The zero-order chi connectivity index (χ0) is 16.1. The lowest BCUT2D eigenvalue weighted by Gasteiger charge is -2.14. The molecule has 114 valence electrons. The molecule has 0 bridgehead atoms. The molecule has 0 saturated carbocycles. The number of anilines is 1. The quantitative estimate of drug-likeness (QED) is 0.503. The number of hydrogen-bond donors (Lipinski definition) is 1. The van der Waals surface area contributed by atoms with Crippen molar-refractivity contribution in [1.29, 1.82) is 0 Å². The largest absolute Gasteiger partial charge is 0.418 e. The highest BCUT2D eigenvalue weighted by Gasteiger charge is 2.34. The van der Waals surface area contributed by atoms with E-state index in [9.17, 15) is 17.6 Å². The fraction of sp³-hybridized carbons (Fsp3) is 0.0714. The normalized spacial score (nSPS) is 12.0. The summed E-state index contributed by atoms with van der Waals surface area (Å²) in [5, 5.41) is 4.33. The second-order valence-electron chi connectivity index (χ2n) is 4.66. The summed E-state index contributed by atoms with van der Waals surface area (Å²) < 4.78 is 54.4. The number of nitrogens with two attached hydrogens (primary N) is 1. The van der Waals surface area contributed by atoms with E-state index in [-0.39, 0.29) is 15.8 Å². The van der Waals surface area contributed by atoms with Gasteiger partial charge in [0.25, 0.3) is 0 Å². The van der Waals surface area contributed by atoms with E-state index in [2.05, 4.69) is 21.0 Å². The zero-order valence-electron chi connectivity index (χ0n) is 10.8. The third-order valence-corrected chi connectivity index (χ3v) is 3.77. The van der Waals surface area contributed by atoms with Crippen LogP contribution in [0.3, 0.4) is 0 Å². The van der Waals surface area contributed by atoms with E-state index in [1.54, 1.807) is 0 Å². The molecule has 0 amide bonds. The molecule has 1 heterocycles. The Morgan fingerprint density at radius 1 is 1.14 bits per heavy atom. The first kappa shape index (κ1) is 14.8. The van der Waals surface area contributed by atoms with Crippen LogP contribution in [0.4, 0.5) is 23.2 Å². The molecule has 3 aromatic rings. The Bertz CT molecular complexity index is 870. The zero-order valence-corrected chi connectivity index (χ0v) is 12.4. The van der Waals surface area contributed by atoms with E-state index in [4.69, 9.17) is 5.73 Å². The molecule has 22 heavy (non-hydrogen) atoms. The standard InChI is InChI=1S/C14H8BrF4N3/c15-10-5-13-7(3-11(10)16)6-21-22(13)12-2-1-8(20)4-9(12)14(17,18)19/h1-6H,20H2. The summed E-state index contributed by atoms with van der Waals surface area (Å²) >= 11 is 3.02. The van der Waals surface area contributed by atoms with Crippen molar-refractivity contribution in [1.82, 2.24) is 9.78 Å². The van der Waals surface area contributed by atoms with Crippen LogP contribution in [0, 0.1) is 5.82 Å². The van der Waals surface area contributed by atoms with Crippen molar-refractivity contribution in [3.63, 3.8) is 0 Å². The molecule has 0 aliphatic carbocycles. The first-order valence-electron chi connectivity index (χ1n) is 6.07. The maximum absolute atomic E-state index is 13.5. The third-order valence-electron chi connectivity index (χ3n) is 3.16. The van der Waals surface area contributed by atoms with E-state index < -0.39 is 17.6 Å².